The van der Waals surface area contributed by atoms with Crippen molar-refractivity contribution in [3.63, 3.8) is 0 Å². The van der Waals surface area contributed by atoms with Gasteiger partial charge in [-0.3, -0.25) is 0 Å². The lowest BCUT2D eigenvalue weighted by atomic mass is 10.2. The molecular formula is C13H19Cl2NO3S. The van der Waals surface area contributed by atoms with Gasteiger partial charge in [0, 0.05) is 5.88 Å². The van der Waals surface area contributed by atoms with E-state index in [1.54, 1.807) is 19.1 Å². The molecule has 1 aromatic carbocycles. The van der Waals surface area contributed by atoms with Crippen LogP contribution < -0.4 is 0 Å². The van der Waals surface area contributed by atoms with Crippen molar-refractivity contribution in [2.24, 2.45) is 4.99 Å². The highest BCUT2D eigenvalue weighted by Gasteiger charge is 1.99. The molecule has 0 amide bonds. The van der Waals surface area contributed by atoms with Crippen LogP contribution in [0.25, 0.3) is 0 Å². The molecule has 0 bridgehead atoms. The average molecular weight is 340 g/mol. The first kappa shape index (κ1) is 21.4. The van der Waals surface area contributed by atoms with Crippen molar-refractivity contribution in [2.75, 3.05) is 5.88 Å². The maximum atomic E-state index is 9.84. The number of alkyl halides is 2. The Labute approximate surface area is 131 Å². The lowest BCUT2D eigenvalue weighted by Gasteiger charge is -1.89. The van der Waals surface area contributed by atoms with Crippen molar-refractivity contribution in [1.29, 1.82) is 0 Å². The van der Waals surface area contributed by atoms with Gasteiger partial charge in [0.05, 0.1) is 5.69 Å². The molecule has 0 aliphatic carbocycles. The van der Waals surface area contributed by atoms with E-state index in [-0.39, 0.29) is 0 Å². The normalized spacial score (nSPS) is 10.3. The van der Waals surface area contributed by atoms with Gasteiger partial charge in [-0.15, -0.1) is 23.2 Å². The van der Waals surface area contributed by atoms with Gasteiger partial charge in [0.1, 0.15) is 4.71 Å². The predicted molar refractivity (Wildman–Crippen MR) is 85.6 cm³/mol. The summed E-state index contributed by atoms with van der Waals surface area (Å²) in [5.41, 5.74) is 1.81. The number of halogens is 2. The minimum atomic E-state index is -2.40. The number of isocyanates is 1. The lowest BCUT2D eigenvalue weighted by Crippen LogP contribution is -1.95. The molecule has 0 heterocycles. The van der Waals surface area contributed by atoms with Crippen LogP contribution in [0.1, 0.15) is 25.8 Å². The molecule has 20 heavy (non-hydrogen) atoms. The molecule has 0 fully saturated rings. The molecule has 1 rings (SSSR count). The predicted octanol–water partition coefficient (Wildman–Crippen LogP) is 3.78. The maximum absolute atomic E-state index is 9.84. The van der Waals surface area contributed by atoms with E-state index in [0.717, 1.165) is 11.4 Å². The number of aryl methyl sites for hydroxylation is 1. The monoisotopic (exact) mass is 339 g/mol. The number of benzene rings is 1. The van der Waals surface area contributed by atoms with Gasteiger partial charge >= 0.3 is 0 Å². The zero-order chi connectivity index (χ0) is 16.0. The van der Waals surface area contributed by atoms with Gasteiger partial charge in [0.15, 0.2) is 10.7 Å². The number of nitrogens with zero attached hydrogens (tertiary/aromatic N) is 1. The van der Waals surface area contributed by atoms with Crippen LogP contribution in [-0.2, 0) is 15.5 Å². The molecule has 4 nitrogen and oxygen atoms in total. The Morgan fingerprint density at radius 1 is 1.25 bits per heavy atom. The van der Waals surface area contributed by atoms with Gasteiger partial charge in [0.25, 0.3) is 0 Å². The van der Waals surface area contributed by atoms with E-state index in [1.165, 1.54) is 6.08 Å². The van der Waals surface area contributed by atoms with E-state index < -0.39 is 15.4 Å². The van der Waals surface area contributed by atoms with Gasteiger partial charge in [-0.25, -0.2) is 13.2 Å². The minimum Gasteiger partial charge on any atom is -0.230 e. The summed E-state index contributed by atoms with van der Waals surface area (Å²) in [5, 5.41) is 0. The zero-order valence-corrected chi connectivity index (χ0v) is 14.1. The minimum absolute atomic E-state index is 0.486. The molecule has 0 saturated carbocycles. The number of thiol groups is 1. The van der Waals surface area contributed by atoms with Crippen LogP contribution >= 0.6 is 23.2 Å². The number of carbonyl (C=O) groups excluding carboxylic acids is 1. The van der Waals surface area contributed by atoms with Gasteiger partial charge in [0.2, 0.25) is 6.08 Å². The van der Waals surface area contributed by atoms with E-state index in [2.05, 4.69) is 4.99 Å². The Morgan fingerprint density at radius 3 is 1.95 bits per heavy atom. The van der Waals surface area contributed by atoms with Crippen LogP contribution in [0.2, 0.25) is 0 Å². The topological polar surface area (TPSA) is 63.6 Å². The molecule has 1 unspecified atom stereocenters. The quantitative estimate of drug-likeness (QED) is 0.394. The standard InChI is InChI=1S/C8H7NO.C3H7ClO2S.C2H5Cl/c1-7-2-4-8(5-3-7)9-6-10;1-2-3(4)7(5)6;1-2-3/h2-5H,1H3;3,7H,2H2,1H3;2H2,1H3. The van der Waals surface area contributed by atoms with E-state index >= 15 is 0 Å². The van der Waals surface area contributed by atoms with Gasteiger partial charge in [-0.1, -0.05) is 31.5 Å². The van der Waals surface area contributed by atoms with Crippen molar-refractivity contribution in [2.45, 2.75) is 31.9 Å². The third kappa shape index (κ3) is 13.6. The highest BCUT2D eigenvalue weighted by Crippen LogP contribution is 2.10. The van der Waals surface area contributed by atoms with E-state index in [9.17, 15) is 13.2 Å². The zero-order valence-electron chi connectivity index (χ0n) is 11.7. The molecular weight excluding hydrogens is 321 g/mol. The fourth-order valence-corrected chi connectivity index (χ4v) is 1.12. The Bertz CT molecular complexity index is 461. The smallest absolute Gasteiger partial charge is 0.230 e. The van der Waals surface area contributed by atoms with E-state index in [1.807, 2.05) is 26.0 Å². The summed E-state index contributed by atoms with van der Waals surface area (Å²) in [7, 11) is -2.40. The molecule has 114 valence electrons. The summed E-state index contributed by atoms with van der Waals surface area (Å²) in [5.74, 6) is 0.722. The molecule has 0 saturated heterocycles. The first-order valence-electron chi connectivity index (χ1n) is 5.90. The van der Waals surface area contributed by atoms with Crippen molar-refractivity contribution in [3.05, 3.63) is 29.8 Å². The molecule has 1 aromatic rings. The second-order valence-corrected chi connectivity index (χ2v) is 5.99. The lowest BCUT2D eigenvalue weighted by molar-refractivity contribution is 0.565. The Kier molecular flexibility index (Phi) is 15.6. The number of hydrogen-bond donors (Lipinski definition) is 1. The summed E-state index contributed by atoms with van der Waals surface area (Å²) in [4.78, 5) is 13.2. The molecule has 1 atom stereocenters. The van der Waals surface area contributed by atoms with Crippen molar-refractivity contribution < 1.29 is 13.2 Å². The van der Waals surface area contributed by atoms with Gasteiger partial charge in [-0.05, 0) is 25.5 Å². The van der Waals surface area contributed by atoms with Crippen molar-refractivity contribution in [1.82, 2.24) is 0 Å². The number of aliphatic imine (C=N–C) groups is 1. The van der Waals surface area contributed by atoms with Crippen LogP contribution in [-0.4, -0.2) is 25.1 Å². The second-order valence-electron chi connectivity index (χ2n) is 3.43. The van der Waals surface area contributed by atoms with Crippen LogP contribution in [0.5, 0.6) is 0 Å². The SMILES string of the molecule is CCC(Cl)[SH](=O)=O.CCCl.Cc1ccc(N=C=O)cc1. The first-order chi connectivity index (χ1) is 9.42. The molecule has 0 N–H and O–H groups in total. The van der Waals surface area contributed by atoms with E-state index in [0.29, 0.717) is 12.1 Å². The van der Waals surface area contributed by atoms with Gasteiger partial charge in [-0.2, -0.15) is 4.99 Å². The highest BCUT2D eigenvalue weighted by atomic mass is 35.5. The molecule has 0 spiro atoms. The summed E-state index contributed by atoms with van der Waals surface area (Å²) >= 11 is 10.2. The average Bonchev–Trinajstić information content (AvgIpc) is 2.42. The summed E-state index contributed by atoms with van der Waals surface area (Å²) in [6.45, 7) is 5.60. The summed E-state index contributed by atoms with van der Waals surface area (Å²) in [6, 6.07) is 7.35. The fourth-order valence-electron chi connectivity index (χ4n) is 0.821. The van der Waals surface area contributed by atoms with Gasteiger partial charge < -0.3 is 0 Å². The van der Waals surface area contributed by atoms with Crippen LogP contribution in [0.15, 0.2) is 29.3 Å². The largest absolute Gasteiger partial charge is 0.240 e. The fraction of sp³-hybridized carbons (Fsp3) is 0.462. The van der Waals surface area contributed by atoms with Crippen LogP contribution in [0, 0.1) is 6.92 Å². The molecule has 0 aliphatic rings. The Morgan fingerprint density at radius 2 is 1.70 bits per heavy atom. The second kappa shape index (κ2) is 14.5. The maximum Gasteiger partial charge on any atom is 0.240 e. The Hall–Kier alpha value is -0.870. The molecule has 7 heteroatoms. The Balaban J connectivity index is 0. The molecule has 0 aliphatic heterocycles. The van der Waals surface area contributed by atoms with Crippen molar-refractivity contribution in [3.8, 4) is 0 Å². The van der Waals surface area contributed by atoms with E-state index in [4.69, 9.17) is 23.2 Å². The third-order valence-corrected chi connectivity index (χ3v) is 3.38. The number of rotatable bonds is 3. The summed E-state index contributed by atoms with van der Waals surface area (Å²) < 4.78 is 19.0. The molecule has 0 radical (unpaired) electrons. The third-order valence-electron chi connectivity index (χ3n) is 1.77. The van der Waals surface area contributed by atoms with Crippen LogP contribution in [0.3, 0.4) is 0 Å². The van der Waals surface area contributed by atoms with Crippen LogP contribution in [0.4, 0.5) is 5.69 Å². The van der Waals surface area contributed by atoms with Crippen molar-refractivity contribution >= 4 is 45.7 Å². The number of hydrogen-bond acceptors (Lipinski definition) is 4. The highest BCUT2D eigenvalue weighted by molar-refractivity contribution is 7.74. The molecule has 0 aromatic heterocycles. The first-order valence-corrected chi connectivity index (χ1v) is 8.12. The summed E-state index contributed by atoms with van der Waals surface area (Å²) in [6.07, 6.45) is 1.96.